The molecule has 8 heteroatoms. The predicted molar refractivity (Wildman–Crippen MR) is 252 cm³/mol. The van der Waals surface area contributed by atoms with Crippen molar-refractivity contribution in [2.75, 3.05) is 12.3 Å². The lowest BCUT2D eigenvalue weighted by molar-refractivity contribution is 0.995. The minimum Gasteiger partial charge on any atom is -0.385 e. The van der Waals surface area contributed by atoms with Crippen molar-refractivity contribution in [3.8, 4) is 0 Å². The molecule has 8 nitrogen and oxygen atoms in total. The molecular weight excluding hydrogens is 713 g/mol. The van der Waals surface area contributed by atoms with Crippen LogP contribution in [0.4, 0.5) is 11.6 Å². The highest BCUT2D eigenvalue weighted by molar-refractivity contribution is 6.30. The average molecular weight is 763 g/mol. The number of amidine groups is 5. The molecular formula is C50H50N8. The summed E-state index contributed by atoms with van der Waals surface area (Å²) in [5, 5.41) is 9.76. The van der Waals surface area contributed by atoms with Crippen molar-refractivity contribution in [3.05, 3.63) is 182 Å². The molecule has 0 saturated heterocycles. The van der Waals surface area contributed by atoms with Gasteiger partial charge in [-0.2, -0.15) is 0 Å². The lowest BCUT2D eigenvalue weighted by Crippen LogP contribution is -2.24. The van der Waals surface area contributed by atoms with Crippen molar-refractivity contribution in [1.29, 1.82) is 0 Å². The van der Waals surface area contributed by atoms with Crippen LogP contribution in [0.2, 0.25) is 0 Å². The van der Waals surface area contributed by atoms with Crippen LogP contribution in [0.3, 0.4) is 0 Å². The standard InChI is InChI=1S/C50H50N8/c1-5-9-13-15-23-31-52-44(28-16-11-7-3)54-49-42-34-38-26-21-22-27-39(38)35-43(42)50(58-49)56-46(30-18-14-10-6-2)53-45(29-17-12-8-4)55-48-41-33-37-25-20-19-24-36(37)32-40(41)47(51)57-48/h5-11,13,15-22,24-27,29-30,32-35,57H,3-4,12,14,23,28,31,51H2,1-2H3,(H,52,53,54,55,56,58)/b9-5-,10-6-,15-13+,16-11+,29-17+,30-18+. The zero-order valence-corrected chi connectivity index (χ0v) is 33.3. The highest BCUT2D eigenvalue weighted by Gasteiger charge is 2.25. The van der Waals surface area contributed by atoms with E-state index in [4.69, 9.17) is 30.7 Å². The van der Waals surface area contributed by atoms with Crippen LogP contribution in [0.1, 0.15) is 50.7 Å². The second kappa shape index (κ2) is 20.6. The largest absolute Gasteiger partial charge is 0.385 e. The molecule has 0 bridgehead atoms. The van der Waals surface area contributed by atoms with E-state index in [1.54, 1.807) is 6.08 Å². The molecule has 0 radical (unpaired) electrons. The van der Waals surface area contributed by atoms with E-state index in [2.05, 4.69) is 84.1 Å². The van der Waals surface area contributed by atoms with E-state index in [1.165, 1.54) is 0 Å². The van der Waals surface area contributed by atoms with Gasteiger partial charge >= 0.3 is 0 Å². The Morgan fingerprint density at radius 1 is 0.690 bits per heavy atom. The van der Waals surface area contributed by atoms with Crippen LogP contribution in [0, 0.1) is 0 Å². The van der Waals surface area contributed by atoms with Gasteiger partial charge in [0.05, 0.1) is 0 Å². The molecule has 1 aliphatic rings. The van der Waals surface area contributed by atoms with Gasteiger partial charge in [0, 0.05) is 34.9 Å². The number of aliphatic imine (C=N–C) groups is 5. The first kappa shape index (κ1) is 40.5. The molecule has 0 aliphatic carbocycles. The highest BCUT2D eigenvalue weighted by atomic mass is 15.1. The van der Waals surface area contributed by atoms with Gasteiger partial charge in [-0.3, -0.25) is 4.99 Å². The summed E-state index contributed by atoms with van der Waals surface area (Å²) in [4.78, 5) is 28.6. The second-order valence-electron chi connectivity index (χ2n) is 13.4. The summed E-state index contributed by atoms with van der Waals surface area (Å²) in [7, 11) is 0. The van der Waals surface area contributed by atoms with Crippen LogP contribution in [-0.2, 0) is 0 Å². The summed E-state index contributed by atoms with van der Waals surface area (Å²) >= 11 is 0. The quantitative estimate of drug-likeness (QED) is 0.0343. The van der Waals surface area contributed by atoms with Crippen LogP contribution in [0.15, 0.2) is 196 Å². The van der Waals surface area contributed by atoms with Gasteiger partial charge < -0.3 is 16.0 Å². The summed E-state index contributed by atoms with van der Waals surface area (Å²) in [6.07, 6.45) is 30.3. The van der Waals surface area contributed by atoms with Gasteiger partial charge in [0.25, 0.3) is 0 Å². The Hall–Kier alpha value is -7.19. The van der Waals surface area contributed by atoms with Crippen molar-refractivity contribution in [3.63, 3.8) is 0 Å². The van der Waals surface area contributed by atoms with Crippen molar-refractivity contribution in [2.45, 2.75) is 39.5 Å². The van der Waals surface area contributed by atoms with Crippen LogP contribution in [0.25, 0.3) is 32.3 Å². The molecule has 290 valence electrons. The Morgan fingerprint density at radius 3 is 2.02 bits per heavy atom. The van der Waals surface area contributed by atoms with E-state index in [0.717, 1.165) is 49.9 Å². The molecule has 58 heavy (non-hydrogen) atoms. The van der Waals surface area contributed by atoms with Crippen LogP contribution in [-0.4, -0.2) is 40.7 Å². The number of nitrogens with zero attached hydrogens (tertiary/aromatic N) is 5. The number of anilines is 1. The lowest BCUT2D eigenvalue weighted by atomic mass is 10.0. The number of aromatic amines is 1. The number of benzene rings is 4. The summed E-state index contributed by atoms with van der Waals surface area (Å²) in [6.45, 7) is 12.3. The minimum absolute atomic E-state index is 0.450. The zero-order chi connectivity index (χ0) is 40.5. The minimum atomic E-state index is 0.450. The third kappa shape index (κ3) is 10.6. The third-order valence-corrected chi connectivity index (χ3v) is 9.19. The van der Waals surface area contributed by atoms with Gasteiger partial charge in [-0.1, -0.05) is 128 Å². The number of aromatic nitrogens is 1. The summed E-state index contributed by atoms with van der Waals surface area (Å²) < 4.78 is 0. The molecule has 0 saturated carbocycles. The smallest absolute Gasteiger partial charge is 0.156 e. The Balaban J connectivity index is 1.48. The van der Waals surface area contributed by atoms with E-state index in [9.17, 15) is 0 Å². The molecule has 6 rings (SSSR count). The Kier molecular flexibility index (Phi) is 14.4. The number of H-pyrrole nitrogens is 1. The number of allylic oxidation sites excluding steroid dienone is 10. The van der Waals surface area contributed by atoms with Crippen LogP contribution < -0.4 is 11.1 Å². The first-order valence-electron chi connectivity index (χ1n) is 19.6. The van der Waals surface area contributed by atoms with Crippen molar-refractivity contribution < 1.29 is 0 Å². The highest BCUT2D eigenvalue weighted by Crippen LogP contribution is 2.34. The molecule has 0 amide bonds. The number of hydrogen-bond acceptors (Lipinski definition) is 3. The van der Waals surface area contributed by atoms with E-state index in [1.807, 2.05) is 105 Å². The molecule has 0 spiro atoms. The fourth-order valence-corrected chi connectivity index (χ4v) is 6.37. The summed E-state index contributed by atoms with van der Waals surface area (Å²) in [6, 6.07) is 25.0. The molecule has 1 aliphatic heterocycles. The maximum atomic E-state index is 6.51. The van der Waals surface area contributed by atoms with E-state index in [0.29, 0.717) is 66.6 Å². The molecule has 0 fully saturated rings. The Morgan fingerprint density at radius 2 is 1.34 bits per heavy atom. The van der Waals surface area contributed by atoms with Gasteiger partial charge in [0.2, 0.25) is 0 Å². The fraction of sp³-hybridized carbons (Fsp3) is 0.140. The zero-order valence-electron chi connectivity index (χ0n) is 33.3. The normalized spacial score (nSPS) is 15.7. The molecule has 4 N–H and O–H groups in total. The topological polar surface area (TPSA) is 116 Å². The van der Waals surface area contributed by atoms with Crippen molar-refractivity contribution in [2.24, 2.45) is 25.0 Å². The molecule has 2 heterocycles. The van der Waals surface area contributed by atoms with Gasteiger partial charge in [-0.25, -0.2) is 20.0 Å². The monoisotopic (exact) mass is 762 g/mol. The average Bonchev–Trinajstić information content (AvgIpc) is 3.72. The fourth-order valence-electron chi connectivity index (χ4n) is 6.37. The number of fused-ring (bicyclic) bond motifs is 4. The number of nitrogen functional groups attached to an aromatic ring is 1. The number of nitrogens with two attached hydrogens (primary N) is 1. The molecule has 0 atom stereocenters. The lowest BCUT2D eigenvalue weighted by Gasteiger charge is -2.04. The first-order chi connectivity index (χ1) is 28.5. The molecule has 4 aromatic carbocycles. The van der Waals surface area contributed by atoms with Gasteiger partial charge in [0.1, 0.15) is 29.1 Å². The molecule has 1 aromatic heterocycles. The SMILES string of the molecule is C=C/C=C/CC(=NCC/C=C/C=C\C)N=C1NC(=NC(/C=C/C/C=C\C)=N\C(\C=C\CC=C)=N/c2[nH]c(N)c3cc4ccccc4cc23)c2cc3ccccc3cc21. The van der Waals surface area contributed by atoms with Gasteiger partial charge in [0.15, 0.2) is 11.7 Å². The van der Waals surface area contributed by atoms with E-state index in [-0.39, 0.29) is 0 Å². The van der Waals surface area contributed by atoms with E-state index < -0.39 is 0 Å². The predicted octanol–water partition coefficient (Wildman–Crippen LogP) is 12.0. The third-order valence-electron chi connectivity index (χ3n) is 9.19. The number of nitrogens with one attached hydrogen (secondary N) is 2. The Bertz CT molecular complexity index is 2630. The van der Waals surface area contributed by atoms with Crippen molar-refractivity contribution >= 4 is 73.1 Å². The first-order valence-corrected chi connectivity index (χ1v) is 19.6. The molecule has 0 unspecified atom stereocenters. The Labute approximate surface area is 341 Å². The number of hydrogen-bond donors (Lipinski definition) is 3. The second-order valence-corrected chi connectivity index (χ2v) is 13.4. The van der Waals surface area contributed by atoms with Crippen LogP contribution >= 0.6 is 0 Å². The number of rotatable bonds is 14. The summed E-state index contributed by atoms with van der Waals surface area (Å²) in [5.74, 6) is 4.07. The van der Waals surface area contributed by atoms with E-state index >= 15 is 0 Å². The van der Waals surface area contributed by atoms with Crippen LogP contribution in [0.5, 0.6) is 0 Å². The van der Waals surface area contributed by atoms with Crippen molar-refractivity contribution in [1.82, 2.24) is 10.3 Å². The summed E-state index contributed by atoms with van der Waals surface area (Å²) in [5.41, 5.74) is 8.36. The van der Waals surface area contributed by atoms with Gasteiger partial charge in [-0.15, -0.1) is 6.58 Å². The maximum Gasteiger partial charge on any atom is 0.156 e. The van der Waals surface area contributed by atoms with Gasteiger partial charge in [-0.05, 0) is 91.1 Å². The maximum absolute atomic E-state index is 6.51. The molecule has 5 aromatic rings.